The lowest BCUT2D eigenvalue weighted by molar-refractivity contribution is 0.158. The molecule has 170 valence electrons. The van der Waals surface area contributed by atoms with E-state index in [-0.39, 0.29) is 17.8 Å². The quantitative estimate of drug-likeness (QED) is 0.435. The molecule has 9 nitrogen and oxygen atoms in total. The third-order valence-corrected chi connectivity index (χ3v) is 6.89. The molecular weight excluding hydrogens is 420 g/mol. The van der Waals surface area contributed by atoms with Gasteiger partial charge in [-0.05, 0) is 43.9 Å². The number of imidazole rings is 2. The van der Waals surface area contributed by atoms with Crippen molar-refractivity contribution in [3.8, 4) is 0 Å². The van der Waals surface area contributed by atoms with Gasteiger partial charge in [0.05, 0.1) is 41.4 Å². The van der Waals surface area contributed by atoms with Gasteiger partial charge in [0.15, 0.2) is 0 Å². The van der Waals surface area contributed by atoms with Gasteiger partial charge in [-0.15, -0.1) is 0 Å². The Kier molecular flexibility index (Phi) is 4.89. The van der Waals surface area contributed by atoms with E-state index < -0.39 is 0 Å². The van der Waals surface area contributed by atoms with Gasteiger partial charge < -0.3 is 14.2 Å². The minimum absolute atomic E-state index is 0.00104. The van der Waals surface area contributed by atoms with Gasteiger partial charge in [0, 0.05) is 25.3 Å². The summed E-state index contributed by atoms with van der Waals surface area (Å²) in [5.41, 5.74) is 3.72. The molecule has 0 atom stereocenters. The normalized spacial score (nSPS) is 16.6. The number of cyclic esters (lactones) is 1. The molecule has 1 amide bonds. The van der Waals surface area contributed by atoms with Crippen molar-refractivity contribution in [3.63, 3.8) is 0 Å². The zero-order valence-corrected chi connectivity index (χ0v) is 18.4. The molecule has 2 aliphatic rings. The Balaban J connectivity index is 1.36. The SMILES string of the molecule is O=C1OCCN1CCCn1c(Cn2c(=O)n(C3CCC3)c3ccncc32)nc2ccccc21. The molecule has 0 spiro atoms. The Hall–Kier alpha value is -3.62. The molecule has 0 bridgehead atoms. The average Bonchev–Trinajstić information content (AvgIpc) is 3.44. The lowest BCUT2D eigenvalue weighted by Crippen LogP contribution is -2.31. The van der Waals surface area contributed by atoms with Crippen LogP contribution >= 0.6 is 0 Å². The fourth-order valence-corrected chi connectivity index (χ4v) is 4.96. The highest BCUT2D eigenvalue weighted by molar-refractivity contribution is 5.77. The first kappa shape index (κ1) is 20.0. The molecule has 9 heteroatoms. The topological polar surface area (TPSA) is 87.2 Å². The molecule has 6 rings (SSSR count). The Morgan fingerprint density at radius 2 is 1.88 bits per heavy atom. The summed E-state index contributed by atoms with van der Waals surface area (Å²) in [6.45, 7) is 2.81. The first-order chi connectivity index (χ1) is 16.2. The molecule has 1 aliphatic carbocycles. The third kappa shape index (κ3) is 3.39. The maximum absolute atomic E-state index is 13.5. The van der Waals surface area contributed by atoms with Crippen LogP contribution in [0.3, 0.4) is 0 Å². The summed E-state index contributed by atoms with van der Waals surface area (Å²) in [4.78, 5) is 36.2. The number of aromatic nitrogens is 5. The number of nitrogens with zero attached hydrogens (tertiary/aromatic N) is 6. The van der Waals surface area contributed by atoms with Crippen molar-refractivity contribution in [3.05, 3.63) is 59.0 Å². The van der Waals surface area contributed by atoms with Crippen LogP contribution < -0.4 is 5.69 Å². The summed E-state index contributed by atoms with van der Waals surface area (Å²) in [5.74, 6) is 0.832. The van der Waals surface area contributed by atoms with Crippen LogP contribution in [-0.2, 0) is 17.8 Å². The molecule has 1 aromatic carbocycles. The van der Waals surface area contributed by atoms with Crippen LogP contribution in [0, 0.1) is 0 Å². The van der Waals surface area contributed by atoms with E-state index in [0.717, 1.165) is 53.6 Å². The number of fused-ring (bicyclic) bond motifs is 2. The van der Waals surface area contributed by atoms with E-state index in [9.17, 15) is 9.59 Å². The number of aryl methyl sites for hydroxylation is 1. The van der Waals surface area contributed by atoms with Crippen molar-refractivity contribution in [1.82, 2.24) is 28.6 Å². The summed E-state index contributed by atoms with van der Waals surface area (Å²) in [6, 6.07) is 10.2. The van der Waals surface area contributed by atoms with Gasteiger partial charge in [-0.3, -0.25) is 14.1 Å². The van der Waals surface area contributed by atoms with Crippen LogP contribution in [0.5, 0.6) is 0 Å². The zero-order valence-electron chi connectivity index (χ0n) is 18.4. The molecule has 33 heavy (non-hydrogen) atoms. The summed E-state index contributed by atoms with van der Waals surface area (Å²) >= 11 is 0. The van der Waals surface area contributed by atoms with Gasteiger partial charge in [-0.2, -0.15) is 0 Å². The lowest BCUT2D eigenvalue weighted by atomic mass is 9.93. The second-order valence-corrected chi connectivity index (χ2v) is 8.81. The standard InChI is InChI=1S/C24H26N6O3/c31-23-29(21-15-25-10-9-20(21)30(23)17-5-3-6-17)16-22-26-18-7-1-2-8-19(18)28(22)12-4-11-27-13-14-33-24(27)32/h1-2,7-10,15,17H,3-6,11-14,16H2. The van der Waals surface area contributed by atoms with Gasteiger partial charge >= 0.3 is 11.8 Å². The van der Waals surface area contributed by atoms with Crippen LogP contribution in [-0.4, -0.2) is 54.4 Å². The molecule has 0 radical (unpaired) electrons. The van der Waals surface area contributed by atoms with Gasteiger partial charge in [-0.1, -0.05) is 12.1 Å². The van der Waals surface area contributed by atoms with E-state index in [2.05, 4.69) is 15.6 Å². The number of carbonyl (C=O) groups is 1. The smallest absolute Gasteiger partial charge is 0.409 e. The molecule has 1 aliphatic heterocycles. The number of benzene rings is 1. The zero-order chi connectivity index (χ0) is 22.4. The highest BCUT2D eigenvalue weighted by Gasteiger charge is 2.26. The molecule has 1 saturated heterocycles. The number of ether oxygens (including phenoxy) is 1. The van der Waals surface area contributed by atoms with Crippen molar-refractivity contribution in [2.75, 3.05) is 19.7 Å². The molecule has 4 heterocycles. The van der Waals surface area contributed by atoms with Crippen LogP contribution in [0.1, 0.15) is 37.5 Å². The number of para-hydroxylation sites is 2. The molecule has 4 aromatic rings. The maximum atomic E-state index is 13.5. The summed E-state index contributed by atoms with van der Waals surface area (Å²) in [7, 11) is 0. The van der Waals surface area contributed by atoms with Gasteiger partial charge in [0.2, 0.25) is 0 Å². The van der Waals surface area contributed by atoms with E-state index in [4.69, 9.17) is 9.72 Å². The van der Waals surface area contributed by atoms with Crippen molar-refractivity contribution in [2.45, 2.75) is 44.8 Å². The van der Waals surface area contributed by atoms with Crippen molar-refractivity contribution in [1.29, 1.82) is 0 Å². The predicted molar refractivity (Wildman–Crippen MR) is 123 cm³/mol. The predicted octanol–water partition coefficient (Wildman–Crippen LogP) is 3.16. The minimum Gasteiger partial charge on any atom is -0.448 e. The first-order valence-electron chi connectivity index (χ1n) is 11.6. The fourth-order valence-electron chi connectivity index (χ4n) is 4.96. The highest BCUT2D eigenvalue weighted by atomic mass is 16.6. The van der Waals surface area contributed by atoms with Crippen LogP contribution in [0.4, 0.5) is 4.79 Å². The number of carbonyl (C=O) groups excluding carboxylic acids is 1. The molecule has 1 saturated carbocycles. The molecule has 0 N–H and O–H groups in total. The number of amides is 1. The monoisotopic (exact) mass is 446 g/mol. The summed E-state index contributed by atoms with van der Waals surface area (Å²) in [6.07, 6.45) is 7.31. The lowest BCUT2D eigenvalue weighted by Gasteiger charge is -2.26. The number of hydrogen-bond donors (Lipinski definition) is 0. The number of pyridine rings is 1. The van der Waals surface area contributed by atoms with Crippen LogP contribution in [0.15, 0.2) is 47.5 Å². The van der Waals surface area contributed by atoms with Gasteiger partial charge in [-0.25, -0.2) is 14.6 Å². The summed E-state index contributed by atoms with van der Waals surface area (Å²) in [5, 5.41) is 0. The Bertz CT molecular complexity index is 1400. The van der Waals surface area contributed by atoms with Crippen LogP contribution in [0.2, 0.25) is 0 Å². The first-order valence-corrected chi connectivity index (χ1v) is 11.6. The van der Waals surface area contributed by atoms with E-state index in [1.165, 1.54) is 0 Å². The van der Waals surface area contributed by atoms with E-state index >= 15 is 0 Å². The Morgan fingerprint density at radius 3 is 2.67 bits per heavy atom. The maximum Gasteiger partial charge on any atom is 0.409 e. The molecule has 2 fully saturated rings. The molecule has 0 unspecified atom stereocenters. The Morgan fingerprint density at radius 1 is 1.00 bits per heavy atom. The molecular formula is C24H26N6O3. The number of hydrogen-bond acceptors (Lipinski definition) is 5. The second kappa shape index (κ2) is 8.06. The number of rotatable bonds is 7. The Labute approximate surface area is 190 Å². The largest absolute Gasteiger partial charge is 0.448 e. The van der Waals surface area contributed by atoms with Gasteiger partial charge in [0.1, 0.15) is 12.4 Å². The minimum atomic E-state index is -0.242. The van der Waals surface area contributed by atoms with E-state index in [0.29, 0.717) is 32.8 Å². The van der Waals surface area contributed by atoms with E-state index in [1.54, 1.807) is 21.9 Å². The van der Waals surface area contributed by atoms with Crippen molar-refractivity contribution < 1.29 is 9.53 Å². The second-order valence-electron chi connectivity index (χ2n) is 8.81. The van der Waals surface area contributed by atoms with Crippen molar-refractivity contribution in [2.24, 2.45) is 0 Å². The highest BCUT2D eigenvalue weighted by Crippen LogP contribution is 2.33. The van der Waals surface area contributed by atoms with Crippen LogP contribution in [0.25, 0.3) is 22.1 Å². The van der Waals surface area contributed by atoms with Gasteiger partial charge in [0.25, 0.3) is 0 Å². The third-order valence-electron chi connectivity index (χ3n) is 6.89. The summed E-state index contributed by atoms with van der Waals surface area (Å²) < 4.78 is 10.9. The van der Waals surface area contributed by atoms with Crippen molar-refractivity contribution >= 4 is 28.2 Å². The average molecular weight is 447 g/mol. The van der Waals surface area contributed by atoms with E-state index in [1.807, 2.05) is 28.8 Å². The molecule has 3 aromatic heterocycles. The fraction of sp³-hybridized carbons (Fsp3) is 0.417.